The summed E-state index contributed by atoms with van der Waals surface area (Å²) in [6.45, 7) is 6.01. The van der Waals surface area contributed by atoms with Gasteiger partial charge in [0.05, 0.1) is 11.9 Å². The number of hydrogen-bond donors (Lipinski definition) is 2. The average Bonchev–Trinajstić information content (AvgIpc) is 2.35. The van der Waals surface area contributed by atoms with Crippen LogP contribution in [0.1, 0.15) is 43.0 Å². The summed E-state index contributed by atoms with van der Waals surface area (Å²) in [5, 5.41) is 2.57. The molecule has 3 N–H and O–H groups in total. The third-order valence-electron chi connectivity index (χ3n) is 2.68. The highest BCUT2D eigenvalue weighted by Gasteiger charge is 2.16. The van der Waals surface area contributed by atoms with Crippen LogP contribution in [0.5, 0.6) is 0 Å². The van der Waals surface area contributed by atoms with Gasteiger partial charge in [0.2, 0.25) is 0 Å². The number of hydrogen-bond acceptors (Lipinski definition) is 5. The molecule has 2 unspecified atom stereocenters. The van der Waals surface area contributed by atoms with Crippen molar-refractivity contribution in [3.05, 3.63) is 17.7 Å². The lowest BCUT2D eigenvalue weighted by Gasteiger charge is -2.12. The van der Waals surface area contributed by atoms with E-state index in [1.807, 2.05) is 13.8 Å². The van der Waals surface area contributed by atoms with Gasteiger partial charge in [-0.3, -0.25) is 9.00 Å². The summed E-state index contributed by atoms with van der Waals surface area (Å²) in [6, 6.07) is 0. The number of nitrogen functional groups attached to an aromatic ring is 1. The van der Waals surface area contributed by atoms with E-state index in [4.69, 9.17) is 5.73 Å². The van der Waals surface area contributed by atoms with Crippen LogP contribution in [0, 0.1) is 0 Å². The zero-order chi connectivity index (χ0) is 14.6. The predicted molar refractivity (Wildman–Crippen MR) is 76.4 cm³/mol. The summed E-state index contributed by atoms with van der Waals surface area (Å²) in [4.78, 5) is 20.2. The molecule has 0 aliphatic carbocycles. The molecule has 1 aromatic rings. The number of nitrogens with two attached hydrogens (primary N) is 1. The van der Waals surface area contributed by atoms with E-state index in [1.165, 1.54) is 6.20 Å². The van der Waals surface area contributed by atoms with E-state index in [9.17, 15) is 9.00 Å². The molecule has 6 nitrogen and oxygen atoms in total. The molecule has 0 bridgehead atoms. The van der Waals surface area contributed by atoms with E-state index >= 15 is 0 Å². The van der Waals surface area contributed by atoms with Crippen LogP contribution < -0.4 is 11.1 Å². The zero-order valence-electron chi connectivity index (χ0n) is 11.6. The molecule has 7 heteroatoms. The van der Waals surface area contributed by atoms with Crippen molar-refractivity contribution >= 4 is 22.4 Å². The SMILES string of the molecule is CC(C)c1ncc(N)c(C(=O)NCC(C)S(C)=O)n1. The van der Waals surface area contributed by atoms with Crippen molar-refractivity contribution in [1.82, 2.24) is 15.3 Å². The Morgan fingerprint density at radius 2 is 2.11 bits per heavy atom. The van der Waals surface area contributed by atoms with E-state index in [0.29, 0.717) is 12.4 Å². The number of nitrogens with zero attached hydrogens (tertiary/aromatic N) is 2. The Hall–Kier alpha value is -1.50. The minimum atomic E-state index is -0.979. The second kappa shape index (κ2) is 6.60. The number of rotatable bonds is 5. The lowest BCUT2D eigenvalue weighted by Crippen LogP contribution is -2.33. The van der Waals surface area contributed by atoms with Crippen LogP contribution in [0.3, 0.4) is 0 Å². The normalized spacial score (nSPS) is 14.2. The maximum atomic E-state index is 12.0. The number of carbonyl (C=O) groups excluding carboxylic acids is 1. The molecular formula is C12H20N4O2S. The quantitative estimate of drug-likeness (QED) is 0.828. The Morgan fingerprint density at radius 3 is 2.63 bits per heavy atom. The lowest BCUT2D eigenvalue weighted by atomic mass is 10.2. The number of amides is 1. The summed E-state index contributed by atoms with van der Waals surface area (Å²) in [6.07, 6.45) is 3.05. The fourth-order valence-electron chi connectivity index (χ4n) is 1.30. The molecule has 1 rings (SSSR count). The number of aromatic nitrogens is 2. The second-order valence-electron chi connectivity index (χ2n) is 4.71. The maximum absolute atomic E-state index is 12.0. The van der Waals surface area contributed by atoms with Crippen LogP contribution in [0.15, 0.2) is 6.20 Å². The largest absolute Gasteiger partial charge is 0.396 e. The zero-order valence-corrected chi connectivity index (χ0v) is 12.5. The molecule has 0 spiro atoms. The minimum Gasteiger partial charge on any atom is -0.396 e. The molecule has 1 aromatic heterocycles. The van der Waals surface area contributed by atoms with Crippen molar-refractivity contribution < 1.29 is 9.00 Å². The first kappa shape index (κ1) is 15.6. The number of anilines is 1. The van der Waals surface area contributed by atoms with Gasteiger partial charge in [-0.1, -0.05) is 13.8 Å². The summed E-state index contributed by atoms with van der Waals surface area (Å²) >= 11 is 0. The molecule has 0 aliphatic heterocycles. The van der Waals surface area contributed by atoms with Crippen LogP contribution in [0.2, 0.25) is 0 Å². The van der Waals surface area contributed by atoms with Gasteiger partial charge in [-0.25, -0.2) is 9.97 Å². The van der Waals surface area contributed by atoms with Crippen molar-refractivity contribution in [2.24, 2.45) is 0 Å². The third kappa shape index (κ3) is 4.27. The first-order valence-electron chi connectivity index (χ1n) is 6.05. The van der Waals surface area contributed by atoms with Gasteiger partial charge in [0.25, 0.3) is 5.91 Å². The molecule has 1 heterocycles. The topological polar surface area (TPSA) is 98.0 Å². The third-order valence-corrected chi connectivity index (χ3v) is 3.98. The van der Waals surface area contributed by atoms with Gasteiger partial charge in [0, 0.05) is 34.8 Å². The molecule has 0 radical (unpaired) electrons. The highest BCUT2D eigenvalue weighted by Crippen LogP contribution is 2.13. The molecular weight excluding hydrogens is 264 g/mol. The summed E-state index contributed by atoms with van der Waals surface area (Å²) in [7, 11) is -0.979. The Morgan fingerprint density at radius 1 is 1.47 bits per heavy atom. The van der Waals surface area contributed by atoms with Gasteiger partial charge >= 0.3 is 0 Å². The molecule has 2 atom stereocenters. The van der Waals surface area contributed by atoms with Gasteiger partial charge in [-0.15, -0.1) is 0 Å². The van der Waals surface area contributed by atoms with Crippen LogP contribution >= 0.6 is 0 Å². The van der Waals surface area contributed by atoms with Crippen molar-refractivity contribution in [1.29, 1.82) is 0 Å². The maximum Gasteiger partial charge on any atom is 0.272 e. The van der Waals surface area contributed by atoms with Crippen molar-refractivity contribution in [2.75, 3.05) is 18.5 Å². The van der Waals surface area contributed by atoms with Crippen LogP contribution in [-0.2, 0) is 10.8 Å². The highest BCUT2D eigenvalue weighted by atomic mass is 32.2. The number of nitrogens with one attached hydrogen (secondary N) is 1. The van der Waals surface area contributed by atoms with Gasteiger partial charge < -0.3 is 11.1 Å². The Balaban J connectivity index is 2.81. The van der Waals surface area contributed by atoms with Crippen LogP contribution in [0.25, 0.3) is 0 Å². The summed E-state index contributed by atoms with van der Waals surface area (Å²) in [5.74, 6) is 0.333. The predicted octanol–water partition coefficient (Wildman–Crippen LogP) is 0.679. The molecule has 0 aliphatic rings. The Bertz CT molecular complexity index is 491. The molecule has 0 aromatic carbocycles. The van der Waals surface area contributed by atoms with E-state index in [-0.39, 0.29) is 28.5 Å². The second-order valence-corrected chi connectivity index (χ2v) is 6.51. The molecule has 0 saturated carbocycles. The van der Waals surface area contributed by atoms with Crippen molar-refractivity contribution in [3.63, 3.8) is 0 Å². The molecule has 1 amide bonds. The molecule has 106 valence electrons. The first-order chi connectivity index (χ1) is 8.82. The van der Waals surface area contributed by atoms with Crippen LogP contribution in [-0.4, -0.2) is 38.1 Å². The summed E-state index contributed by atoms with van der Waals surface area (Å²) in [5.41, 5.74) is 6.13. The molecule has 19 heavy (non-hydrogen) atoms. The fraction of sp³-hybridized carbons (Fsp3) is 0.583. The average molecular weight is 284 g/mol. The van der Waals surface area contributed by atoms with E-state index in [1.54, 1.807) is 13.2 Å². The first-order valence-corrected chi connectivity index (χ1v) is 7.67. The lowest BCUT2D eigenvalue weighted by molar-refractivity contribution is 0.0949. The smallest absolute Gasteiger partial charge is 0.272 e. The van der Waals surface area contributed by atoms with Gasteiger partial charge in [0.1, 0.15) is 5.82 Å². The van der Waals surface area contributed by atoms with E-state index in [0.717, 1.165) is 0 Å². The monoisotopic (exact) mass is 284 g/mol. The van der Waals surface area contributed by atoms with Gasteiger partial charge in [-0.2, -0.15) is 0 Å². The highest BCUT2D eigenvalue weighted by molar-refractivity contribution is 7.84. The fourth-order valence-corrected chi connectivity index (χ4v) is 1.62. The Kier molecular flexibility index (Phi) is 5.41. The summed E-state index contributed by atoms with van der Waals surface area (Å²) < 4.78 is 11.2. The number of carbonyl (C=O) groups is 1. The van der Waals surface area contributed by atoms with E-state index in [2.05, 4.69) is 15.3 Å². The standard InChI is InChI=1S/C12H20N4O2S/c1-7(2)11-14-6-9(13)10(16-11)12(17)15-5-8(3)19(4)18/h6-8H,5,13H2,1-4H3,(H,15,17). The molecule has 0 fully saturated rings. The van der Waals surface area contributed by atoms with Crippen molar-refractivity contribution in [2.45, 2.75) is 31.9 Å². The molecule has 0 saturated heterocycles. The van der Waals surface area contributed by atoms with Gasteiger partial charge in [0.15, 0.2) is 5.69 Å². The van der Waals surface area contributed by atoms with E-state index < -0.39 is 10.8 Å². The van der Waals surface area contributed by atoms with Crippen LogP contribution in [0.4, 0.5) is 5.69 Å². The Labute approximate surface area is 115 Å². The minimum absolute atomic E-state index is 0.114. The van der Waals surface area contributed by atoms with Crippen molar-refractivity contribution in [3.8, 4) is 0 Å². The van der Waals surface area contributed by atoms with Gasteiger partial charge in [-0.05, 0) is 6.92 Å².